The van der Waals surface area contributed by atoms with Crippen molar-refractivity contribution in [2.45, 2.75) is 18.9 Å². The average molecular weight is 221 g/mol. The second-order valence-corrected chi connectivity index (χ2v) is 3.92. The minimum absolute atomic E-state index is 0.341. The highest BCUT2D eigenvalue weighted by atomic mass is 16.4. The summed E-state index contributed by atoms with van der Waals surface area (Å²) in [4.78, 5) is 11.1. The minimum atomic E-state index is -0.909. The zero-order valence-corrected chi connectivity index (χ0v) is 8.47. The van der Waals surface area contributed by atoms with Crippen LogP contribution in [0.1, 0.15) is 18.5 Å². The van der Waals surface area contributed by atoms with Crippen LogP contribution in [0.5, 0.6) is 0 Å². The summed E-state index contributed by atoms with van der Waals surface area (Å²) >= 11 is 0. The zero-order valence-electron chi connectivity index (χ0n) is 8.47. The van der Waals surface area contributed by atoms with Gasteiger partial charge in [0, 0.05) is 12.6 Å². The summed E-state index contributed by atoms with van der Waals surface area (Å²) in [6, 6.07) is 0.392. The molecule has 0 unspecified atom stereocenters. The Bertz CT molecular complexity index is 448. The molecule has 0 amide bonds. The summed E-state index contributed by atoms with van der Waals surface area (Å²) in [6.07, 6.45) is 3.71. The maximum Gasteiger partial charge on any atom is 0.335 e. The number of hydrazine groups is 1. The summed E-state index contributed by atoms with van der Waals surface area (Å²) < 4.78 is 0. The van der Waals surface area contributed by atoms with Crippen molar-refractivity contribution in [1.82, 2.24) is 25.8 Å². The fourth-order valence-electron chi connectivity index (χ4n) is 1.89. The predicted octanol–water partition coefficient (Wildman–Crippen LogP) is -0.417. The van der Waals surface area contributed by atoms with Gasteiger partial charge < -0.3 is 10.1 Å². The molecule has 1 fully saturated rings. The number of carboxylic acids is 1. The Morgan fingerprint density at radius 1 is 1.56 bits per heavy atom. The Labute approximate surface area is 91.1 Å². The van der Waals surface area contributed by atoms with Crippen molar-refractivity contribution in [3.8, 4) is 0 Å². The maximum absolute atomic E-state index is 11.1. The van der Waals surface area contributed by atoms with Gasteiger partial charge in [0.2, 0.25) is 0 Å². The molecule has 84 valence electrons. The SMILES string of the molecule is O=C(O)C1=C(c2cn[nH]n2)N(C2CC2)NC1. The van der Waals surface area contributed by atoms with Crippen molar-refractivity contribution < 1.29 is 9.90 Å². The quantitative estimate of drug-likeness (QED) is 0.642. The third-order valence-electron chi connectivity index (χ3n) is 2.78. The second kappa shape index (κ2) is 3.31. The lowest BCUT2D eigenvalue weighted by atomic mass is 10.2. The van der Waals surface area contributed by atoms with Gasteiger partial charge in [-0.05, 0) is 12.8 Å². The summed E-state index contributed by atoms with van der Waals surface area (Å²) in [5.74, 6) is -0.909. The Hall–Kier alpha value is -1.89. The van der Waals surface area contributed by atoms with Gasteiger partial charge in [0.05, 0.1) is 17.5 Å². The minimum Gasteiger partial charge on any atom is -0.478 e. The van der Waals surface area contributed by atoms with Gasteiger partial charge in [0.25, 0.3) is 0 Å². The van der Waals surface area contributed by atoms with Crippen LogP contribution >= 0.6 is 0 Å². The van der Waals surface area contributed by atoms with Crippen molar-refractivity contribution >= 4 is 11.7 Å². The zero-order chi connectivity index (χ0) is 11.1. The summed E-state index contributed by atoms with van der Waals surface area (Å²) in [5.41, 5.74) is 4.65. The van der Waals surface area contributed by atoms with Crippen LogP contribution in [-0.4, -0.2) is 44.1 Å². The first-order valence-electron chi connectivity index (χ1n) is 5.12. The van der Waals surface area contributed by atoms with Crippen LogP contribution in [0, 0.1) is 0 Å². The topological polar surface area (TPSA) is 94.1 Å². The van der Waals surface area contributed by atoms with E-state index in [1.54, 1.807) is 6.20 Å². The van der Waals surface area contributed by atoms with E-state index < -0.39 is 5.97 Å². The molecule has 7 nitrogen and oxygen atoms in total. The Morgan fingerprint density at radius 3 is 2.94 bits per heavy atom. The van der Waals surface area contributed by atoms with Crippen molar-refractivity contribution in [3.63, 3.8) is 0 Å². The molecule has 0 atom stereocenters. The van der Waals surface area contributed by atoms with E-state index in [2.05, 4.69) is 20.8 Å². The van der Waals surface area contributed by atoms with Gasteiger partial charge in [-0.2, -0.15) is 15.4 Å². The van der Waals surface area contributed by atoms with E-state index in [9.17, 15) is 4.79 Å². The van der Waals surface area contributed by atoms with E-state index in [4.69, 9.17) is 5.11 Å². The normalized spacial score (nSPS) is 20.6. The van der Waals surface area contributed by atoms with Gasteiger partial charge in [0.15, 0.2) is 0 Å². The molecule has 16 heavy (non-hydrogen) atoms. The van der Waals surface area contributed by atoms with Crippen molar-refractivity contribution in [2.24, 2.45) is 0 Å². The van der Waals surface area contributed by atoms with E-state index in [1.807, 2.05) is 5.01 Å². The van der Waals surface area contributed by atoms with Crippen LogP contribution < -0.4 is 5.43 Å². The average Bonchev–Trinajstić information content (AvgIpc) is 2.82. The fraction of sp³-hybridized carbons (Fsp3) is 0.444. The number of rotatable bonds is 3. The highest BCUT2D eigenvalue weighted by molar-refractivity contribution is 5.97. The molecule has 7 heteroatoms. The summed E-state index contributed by atoms with van der Waals surface area (Å²) in [5, 5.41) is 21.2. The monoisotopic (exact) mass is 221 g/mol. The molecule has 3 N–H and O–H groups in total. The van der Waals surface area contributed by atoms with Gasteiger partial charge >= 0.3 is 5.97 Å². The van der Waals surface area contributed by atoms with Crippen molar-refractivity contribution in [1.29, 1.82) is 0 Å². The molecular formula is C9H11N5O2. The largest absolute Gasteiger partial charge is 0.478 e. The molecule has 2 heterocycles. The van der Waals surface area contributed by atoms with Crippen LogP contribution in [0.4, 0.5) is 0 Å². The lowest BCUT2D eigenvalue weighted by Crippen LogP contribution is -2.33. The number of nitrogens with zero attached hydrogens (tertiary/aromatic N) is 3. The van der Waals surface area contributed by atoms with Crippen LogP contribution in [0.2, 0.25) is 0 Å². The number of aromatic nitrogens is 3. The molecule has 1 aliphatic heterocycles. The van der Waals surface area contributed by atoms with Gasteiger partial charge in [-0.3, -0.25) is 0 Å². The Kier molecular flexibility index (Phi) is 1.93. The van der Waals surface area contributed by atoms with Gasteiger partial charge in [-0.25, -0.2) is 10.2 Å². The number of H-pyrrole nitrogens is 1. The second-order valence-electron chi connectivity index (χ2n) is 3.92. The van der Waals surface area contributed by atoms with Gasteiger partial charge in [-0.1, -0.05) is 0 Å². The molecule has 1 saturated carbocycles. The molecular weight excluding hydrogens is 210 g/mol. The van der Waals surface area contributed by atoms with Crippen LogP contribution in [0.15, 0.2) is 11.8 Å². The Morgan fingerprint density at radius 2 is 2.38 bits per heavy atom. The van der Waals surface area contributed by atoms with Crippen LogP contribution in [0.3, 0.4) is 0 Å². The number of nitrogens with one attached hydrogen (secondary N) is 2. The molecule has 1 aromatic rings. The molecule has 0 spiro atoms. The maximum atomic E-state index is 11.1. The smallest absolute Gasteiger partial charge is 0.335 e. The third-order valence-corrected chi connectivity index (χ3v) is 2.78. The van der Waals surface area contributed by atoms with Crippen LogP contribution in [-0.2, 0) is 4.79 Å². The standard InChI is InChI=1S/C9H11N5O2/c15-9(16)6-3-11-14(5-1-2-5)8(6)7-4-10-13-12-7/h4-5,11H,1-3H2,(H,15,16)(H,10,12,13). The van der Waals surface area contributed by atoms with Crippen molar-refractivity contribution in [2.75, 3.05) is 6.54 Å². The van der Waals surface area contributed by atoms with Crippen LogP contribution in [0.25, 0.3) is 5.70 Å². The lowest BCUT2D eigenvalue weighted by molar-refractivity contribution is -0.132. The lowest BCUT2D eigenvalue weighted by Gasteiger charge is -2.20. The fourth-order valence-corrected chi connectivity index (χ4v) is 1.89. The number of hydrogen-bond acceptors (Lipinski definition) is 5. The summed E-state index contributed by atoms with van der Waals surface area (Å²) in [7, 11) is 0. The molecule has 0 radical (unpaired) electrons. The van der Waals surface area contributed by atoms with E-state index in [0.717, 1.165) is 12.8 Å². The molecule has 1 aliphatic carbocycles. The number of hydrogen-bond donors (Lipinski definition) is 3. The van der Waals surface area contributed by atoms with E-state index in [1.165, 1.54) is 0 Å². The third kappa shape index (κ3) is 1.36. The highest BCUT2D eigenvalue weighted by Crippen LogP contribution is 2.35. The molecule has 3 rings (SSSR count). The van der Waals surface area contributed by atoms with E-state index >= 15 is 0 Å². The number of aliphatic carboxylic acids is 1. The van der Waals surface area contributed by atoms with Gasteiger partial charge in [-0.15, -0.1) is 0 Å². The predicted molar refractivity (Wildman–Crippen MR) is 53.8 cm³/mol. The molecule has 2 aliphatic rings. The van der Waals surface area contributed by atoms with Gasteiger partial charge in [0.1, 0.15) is 5.69 Å². The molecule has 0 saturated heterocycles. The molecule has 1 aromatic heterocycles. The summed E-state index contributed by atoms with van der Waals surface area (Å²) in [6.45, 7) is 0.341. The molecule has 0 aromatic carbocycles. The Balaban J connectivity index is 2.04. The van der Waals surface area contributed by atoms with Crippen molar-refractivity contribution in [3.05, 3.63) is 17.5 Å². The first-order valence-corrected chi connectivity index (χ1v) is 5.12. The highest BCUT2D eigenvalue weighted by Gasteiger charge is 2.38. The number of carbonyl (C=O) groups is 1. The van der Waals surface area contributed by atoms with E-state index in [-0.39, 0.29) is 0 Å². The number of carboxylic acid groups (broad SMARTS) is 1. The first kappa shape index (κ1) is 9.34. The number of aromatic amines is 1. The molecule has 0 bridgehead atoms. The van der Waals surface area contributed by atoms with E-state index in [0.29, 0.717) is 29.6 Å². The first-order chi connectivity index (χ1) is 7.77.